The van der Waals surface area contributed by atoms with Crippen molar-refractivity contribution in [3.63, 3.8) is 0 Å². The zero-order valence-electron chi connectivity index (χ0n) is 17.7. The van der Waals surface area contributed by atoms with E-state index in [1.165, 1.54) is 0 Å². The van der Waals surface area contributed by atoms with E-state index in [2.05, 4.69) is 88.7 Å². The van der Waals surface area contributed by atoms with Crippen LogP contribution in [0.25, 0.3) is 38.9 Å². The number of nitrogens with one attached hydrogen (secondary N) is 1. The van der Waals surface area contributed by atoms with Crippen molar-refractivity contribution >= 4 is 44.8 Å². The van der Waals surface area contributed by atoms with E-state index >= 15 is 0 Å². The maximum Gasteiger partial charge on any atom is 0.145 e. The van der Waals surface area contributed by atoms with E-state index in [0.717, 1.165) is 50.3 Å². The predicted molar refractivity (Wildman–Crippen MR) is 139 cm³/mol. The SMILES string of the molecule is Clc1ccccc1Nc1ccc2c(ccc3nc(-c4ccccc4)n(-c4ccccc4)c32)c1. The molecule has 3 nitrogen and oxygen atoms in total. The lowest BCUT2D eigenvalue weighted by molar-refractivity contribution is 1.11. The summed E-state index contributed by atoms with van der Waals surface area (Å²) in [6.45, 7) is 0. The van der Waals surface area contributed by atoms with E-state index < -0.39 is 0 Å². The van der Waals surface area contributed by atoms with Crippen molar-refractivity contribution in [2.75, 3.05) is 5.32 Å². The summed E-state index contributed by atoms with van der Waals surface area (Å²) >= 11 is 6.35. The number of para-hydroxylation sites is 2. The lowest BCUT2D eigenvalue weighted by atomic mass is 10.1. The Hall–Kier alpha value is -4.08. The first kappa shape index (κ1) is 19.6. The van der Waals surface area contributed by atoms with Crippen molar-refractivity contribution in [2.24, 2.45) is 0 Å². The van der Waals surface area contributed by atoms with Crippen molar-refractivity contribution in [3.05, 3.63) is 120 Å². The Labute approximate surface area is 196 Å². The van der Waals surface area contributed by atoms with Crippen molar-refractivity contribution in [1.29, 1.82) is 0 Å². The van der Waals surface area contributed by atoms with Gasteiger partial charge in [0.15, 0.2) is 0 Å². The topological polar surface area (TPSA) is 29.9 Å². The van der Waals surface area contributed by atoms with Gasteiger partial charge in [0.25, 0.3) is 0 Å². The maximum absolute atomic E-state index is 6.35. The van der Waals surface area contributed by atoms with E-state index in [1.54, 1.807) is 0 Å². The van der Waals surface area contributed by atoms with Gasteiger partial charge in [-0.3, -0.25) is 4.57 Å². The summed E-state index contributed by atoms with van der Waals surface area (Å²) in [5.74, 6) is 0.933. The Kier molecular flexibility index (Phi) is 4.82. The average Bonchev–Trinajstić information content (AvgIpc) is 3.26. The molecule has 0 aliphatic carbocycles. The fraction of sp³-hybridized carbons (Fsp3) is 0. The number of nitrogens with zero attached hydrogens (tertiary/aromatic N) is 2. The van der Waals surface area contributed by atoms with E-state index in [9.17, 15) is 0 Å². The van der Waals surface area contributed by atoms with Gasteiger partial charge in [0, 0.05) is 22.3 Å². The fourth-order valence-electron chi connectivity index (χ4n) is 4.30. The molecule has 0 spiro atoms. The van der Waals surface area contributed by atoms with Crippen LogP contribution in [0.3, 0.4) is 0 Å². The molecule has 6 aromatic rings. The quantitative estimate of drug-likeness (QED) is 0.296. The lowest BCUT2D eigenvalue weighted by Gasteiger charge is -2.12. The third kappa shape index (κ3) is 3.53. The second kappa shape index (κ2) is 8.12. The Bertz CT molecular complexity index is 1590. The molecule has 1 aromatic heterocycles. The van der Waals surface area contributed by atoms with Gasteiger partial charge >= 0.3 is 0 Å². The number of hydrogen-bond donors (Lipinski definition) is 1. The number of fused-ring (bicyclic) bond motifs is 3. The van der Waals surface area contributed by atoms with Crippen LogP contribution >= 0.6 is 11.6 Å². The van der Waals surface area contributed by atoms with E-state index in [1.807, 2.05) is 36.4 Å². The Morgan fingerprint density at radius 3 is 2.21 bits per heavy atom. The number of hydrogen-bond acceptors (Lipinski definition) is 2. The van der Waals surface area contributed by atoms with Gasteiger partial charge in [-0.25, -0.2) is 4.98 Å². The molecule has 0 radical (unpaired) electrons. The van der Waals surface area contributed by atoms with Gasteiger partial charge in [0.05, 0.1) is 21.7 Å². The molecule has 158 valence electrons. The predicted octanol–water partition coefficient (Wildman–Crippen LogP) is 8.24. The van der Waals surface area contributed by atoms with Crippen LogP contribution in [0.1, 0.15) is 0 Å². The lowest BCUT2D eigenvalue weighted by Crippen LogP contribution is -1.98. The minimum absolute atomic E-state index is 0.697. The molecule has 0 bridgehead atoms. The highest BCUT2D eigenvalue weighted by Crippen LogP contribution is 2.35. The molecule has 5 aromatic carbocycles. The first-order valence-electron chi connectivity index (χ1n) is 10.9. The number of benzene rings is 5. The second-order valence-electron chi connectivity index (χ2n) is 7.95. The van der Waals surface area contributed by atoms with Gasteiger partial charge in [-0.15, -0.1) is 0 Å². The molecule has 0 aliphatic heterocycles. The number of anilines is 2. The first-order valence-corrected chi connectivity index (χ1v) is 11.2. The second-order valence-corrected chi connectivity index (χ2v) is 8.35. The number of imidazole rings is 1. The van der Waals surface area contributed by atoms with Gasteiger partial charge in [-0.1, -0.05) is 84.4 Å². The van der Waals surface area contributed by atoms with Gasteiger partial charge < -0.3 is 5.32 Å². The minimum Gasteiger partial charge on any atom is -0.354 e. The van der Waals surface area contributed by atoms with Crippen LogP contribution in [0.4, 0.5) is 11.4 Å². The summed E-state index contributed by atoms with van der Waals surface area (Å²) in [5, 5.41) is 6.42. The van der Waals surface area contributed by atoms with Gasteiger partial charge in [0.2, 0.25) is 0 Å². The molecule has 0 atom stereocenters. The highest BCUT2D eigenvalue weighted by atomic mass is 35.5. The van der Waals surface area contributed by atoms with Crippen LogP contribution < -0.4 is 5.32 Å². The molecule has 0 fully saturated rings. The van der Waals surface area contributed by atoms with Crippen molar-refractivity contribution in [2.45, 2.75) is 0 Å². The van der Waals surface area contributed by atoms with E-state index in [-0.39, 0.29) is 0 Å². The zero-order chi connectivity index (χ0) is 22.2. The number of halogens is 1. The smallest absolute Gasteiger partial charge is 0.145 e. The third-order valence-electron chi connectivity index (χ3n) is 5.83. The van der Waals surface area contributed by atoms with Gasteiger partial charge in [-0.2, -0.15) is 0 Å². The maximum atomic E-state index is 6.35. The molecular formula is C29H20ClN3. The van der Waals surface area contributed by atoms with Crippen LogP contribution in [0.5, 0.6) is 0 Å². The monoisotopic (exact) mass is 445 g/mol. The summed E-state index contributed by atoms with van der Waals surface area (Å²) < 4.78 is 2.26. The molecule has 0 amide bonds. The van der Waals surface area contributed by atoms with Crippen LogP contribution in [0, 0.1) is 0 Å². The fourth-order valence-corrected chi connectivity index (χ4v) is 4.49. The molecule has 4 heteroatoms. The molecule has 33 heavy (non-hydrogen) atoms. The Balaban J connectivity index is 1.57. The van der Waals surface area contributed by atoms with Crippen molar-refractivity contribution in [1.82, 2.24) is 9.55 Å². The third-order valence-corrected chi connectivity index (χ3v) is 6.16. The summed E-state index contributed by atoms with van der Waals surface area (Å²) in [6.07, 6.45) is 0. The van der Waals surface area contributed by atoms with E-state index in [4.69, 9.17) is 16.6 Å². The summed E-state index contributed by atoms with van der Waals surface area (Å²) in [4.78, 5) is 5.04. The average molecular weight is 446 g/mol. The Morgan fingerprint density at radius 1 is 0.697 bits per heavy atom. The molecule has 0 aliphatic rings. The molecule has 1 heterocycles. The normalized spacial score (nSPS) is 11.2. The van der Waals surface area contributed by atoms with Crippen molar-refractivity contribution < 1.29 is 0 Å². The molecule has 6 rings (SSSR count). The highest BCUT2D eigenvalue weighted by Gasteiger charge is 2.16. The summed E-state index contributed by atoms with van der Waals surface area (Å²) in [6, 6.07) is 39.2. The molecule has 0 unspecified atom stereocenters. The Morgan fingerprint density at radius 2 is 1.42 bits per heavy atom. The van der Waals surface area contributed by atoms with Crippen molar-refractivity contribution in [3.8, 4) is 17.1 Å². The molecular weight excluding hydrogens is 426 g/mol. The van der Waals surface area contributed by atoms with Crippen LogP contribution in [-0.2, 0) is 0 Å². The molecule has 0 saturated carbocycles. The largest absolute Gasteiger partial charge is 0.354 e. The van der Waals surface area contributed by atoms with Crippen LogP contribution in [0.2, 0.25) is 5.02 Å². The summed E-state index contributed by atoms with van der Waals surface area (Å²) in [5.41, 5.74) is 6.12. The first-order chi connectivity index (χ1) is 16.3. The van der Waals surface area contributed by atoms with Gasteiger partial charge in [-0.05, 0) is 47.9 Å². The molecule has 1 N–H and O–H groups in total. The van der Waals surface area contributed by atoms with Crippen LogP contribution in [-0.4, -0.2) is 9.55 Å². The number of rotatable bonds is 4. The highest BCUT2D eigenvalue weighted by molar-refractivity contribution is 6.33. The summed E-state index contributed by atoms with van der Waals surface area (Å²) in [7, 11) is 0. The molecule has 0 saturated heterocycles. The van der Waals surface area contributed by atoms with Gasteiger partial charge in [0.1, 0.15) is 5.82 Å². The zero-order valence-corrected chi connectivity index (χ0v) is 18.5. The van der Waals surface area contributed by atoms with E-state index in [0.29, 0.717) is 5.02 Å². The minimum atomic E-state index is 0.697. The van der Waals surface area contributed by atoms with Crippen LogP contribution in [0.15, 0.2) is 115 Å². The standard InChI is InChI=1S/C29H20ClN3/c30-25-13-7-8-14-26(25)31-22-16-17-24-21(19-22)15-18-27-28(24)33(23-11-5-2-6-12-23)29(32-27)20-9-3-1-4-10-20/h1-19,31H. The number of aromatic nitrogens is 2.